The number of nitrogen functional groups attached to an aromatic ring is 1. The second kappa shape index (κ2) is 4.96. The Bertz CT molecular complexity index is 520. The van der Waals surface area contributed by atoms with Gasteiger partial charge < -0.3 is 15.4 Å². The van der Waals surface area contributed by atoms with Crippen LogP contribution in [0.2, 0.25) is 0 Å². The van der Waals surface area contributed by atoms with E-state index in [2.05, 4.69) is 0 Å². The highest BCUT2D eigenvalue weighted by molar-refractivity contribution is 5.66. The first-order chi connectivity index (χ1) is 8.60. The molecule has 0 aromatic heterocycles. The average Bonchev–Trinajstić information content (AvgIpc) is 2.37. The van der Waals surface area contributed by atoms with Crippen molar-refractivity contribution in [3.8, 4) is 5.75 Å². The molecule has 0 saturated heterocycles. The summed E-state index contributed by atoms with van der Waals surface area (Å²) in [5.74, 6) is 0.441. The predicted octanol–water partition coefficient (Wildman–Crippen LogP) is 3.18. The van der Waals surface area contributed by atoms with Gasteiger partial charge in [0.25, 0.3) is 0 Å². The van der Waals surface area contributed by atoms with Crippen molar-refractivity contribution in [3.05, 3.63) is 48.3 Å². The minimum Gasteiger partial charge on any atom is -0.497 e. The maximum atomic E-state index is 13.3. The van der Waals surface area contributed by atoms with Crippen molar-refractivity contribution in [2.24, 2.45) is 0 Å². The largest absolute Gasteiger partial charge is 0.497 e. The molecule has 2 aromatic carbocycles. The number of methoxy groups -OCH3 is 1. The second-order valence-corrected chi connectivity index (χ2v) is 4.00. The quantitative estimate of drug-likeness (QED) is 0.845. The number of benzene rings is 2. The molecule has 0 atom stereocenters. The van der Waals surface area contributed by atoms with Gasteiger partial charge >= 0.3 is 0 Å². The first kappa shape index (κ1) is 12.2. The molecule has 4 heteroatoms. The zero-order valence-electron chi connectivity index (χ0n) is 10.4. The number of anilines is 3. The van der Waals surface area contributed by atoms with E-state index in [-0.39, 0.29) is 5.82 Å². The topological polar surface area (TPSA) is 38.5 Å². The molecule has 0 aliphatic rings. The molecule has 2 rings (SSSR count). The summed E-state index contributed by atoms with van der Waals surface area (Å²) in [7, 11) is 3.47. The first-order valence-electron chi connectivity index (χ1n) is 5.54. The van der Waals surface area contributed by atoms with E-state index in [0.717, 1.165) is 11.4 Å². The van der Waals surface area contributed by atoms with Crippen LogP contribution in [-0.4, -0.2) is 14.2 Å². The van der Waals surface area contributed by atoms with Gasteiger partial charge in [0.2, 0.25) is 0 Å². The van der Waals surface area contributed by atoms with Crippen molar-refractivity contribution in [3.63, 3.8) is 0 Å². The molecular weight excluding hydrogens is 231 g/mol. The molecule has 0 amide bonds. The lowest BCUT2D eigenvalue weighted by atomic mass is 10.2. The highest BCUT2D eigenvalue weighted by atomic mass is 19.1. The highest BCUT2D eigenvalue weighted by Crippen LogP contribution is 2.27. The van der Waals surface area contributed by atoms with Gasteiger partial charge in [-0.2, -0.15) is 0 Å². The number of hydrogen-bond acceptors (Lipinski definition) is 3. The smallest absolute Gasteiger partial charge is 0.127 e. The van der Waals surface area contributed by atoms with Crippen molar-refractivity contribution in [2.45, 2.75) is 0 Å². The van der Waals surface area contributed by atoms with Crippen LogP contribution in [0.3, 0.4) is 0 Å². The van der Waals surface area contributed by atoms with Crippen LogP contribution in [-0.2, 0) is 0 Å². The lowest BCUT2D eigenvalue weighted by Crippen LogP contribution is -2.10. The van der Waals surface area contributed by atoms with Crippen molar-refractivity contribution in [2.75, 3.05) is 24.8 Å². The number of rotatable bonds is 3. The standard InChI is InChI=1S/C14H15FN2O/c1-17(12-3-5-14(18-2)6-4-12)13-8-10(15)7-11(16)9-13/h3-9H,16H2,1-2H3. The van der Waals surface area contributed by atoms with E-state index in [0.29, 0.717) is 11.4 Å². The Morgan fingerprint density at radius 3 is 2.28 bits per heavy atom. The zero-order valence-corrected chi connectivity index (χ0v) is 10.4. The van der Waals surface area contributed by atoms with Gasteiger partial charge in [0.1, 0.15) is 11.6 Å². The molecular formula is C14H15FN2O. The van der Waals surface area contributed by atoms with Gasteiger partial charge in [-0.1, -0.05) is 0 Å². The zero-order chi connectivity index (χ0) is 13.1. The molecule has 94 valence electrons. The number of hydrogen-bond donors (Lipinski definition) is 1. The number of halogens is 1. The van der Waals surface area contributed by atoms with E-state index in [1.807, 2.05) is 36.2 Å². The minimum atomic E-state index is -0.342. The van der Waals surface area contributed by atoms with Gasteiger partial charge in [0.15, 0.2) is 0 Å². The van der Waals surface area contributed by atoms with E-state index in [4.69, 9.17) is 10.5 Å². The van der Waals surface area contributed by atoms with Crippen LogP contribution in [0.25, 0.3) is 0 Å². The van der Waals surface area contributed by atoms with Gasteiger partial charge in [-0.15, -0.1) is 0 Å². The Labute approximate surface area is 106 Å². The van der Waals surface area contributed by atoms with E-state index in [1.165, 1.54) is 12.1 Å². The molecule has 0 unspecified atom stereocenters. The lowest BCUT2D eigenvalue weighted by Gasteiger charge is -2.20. The molecule has 3 nitrogen and oxygen atoms in total. The minimum absolute atomic E-state index is 0.342. The van der Waals surface area contributed by atoms with Crippen LogP contribution in [0.1, 0.15) is 0 Å². The van der Waals surface area contributed by atoms with E-state index < -0.39 is 0 Å². The van der Waals surface area contributed by atoms with Crippen LogP contribution in [0, 0.1) is 5.82 Å². The molecule has 0 fully saturated rings. The van der Waals surface area contributed by atoms with Crippen LogP contribution in [0.5, 0.6) is 5.75 Å². The molecule has 0 aliphatic carbocycles. The lowest BCUT2D eigenvalue weighted by molar-refractivity contribution is 0.415. The summed E-state index contributed by atoms with van der Waals surface area (Å²) in [5.41, 5.74) is 7.68. The molecule has 0 bridgehead atoms. The van der Waals surface area contributed by atoms with Gasteiger partial charge in [0.05, 0.1) is 7.11 Å². The summed E-state index contributed by atoms with van der Waals surface area (Å²) in [6.07, 6.45) is 0. The van der Waals surface area contributed by atoms with Crippen molar-refractivity contribution < 1.29 is 9.13 Å². The Kier molecular flexibility index (Phi) is 3.37. The molecule has 0 aliphatic heterocycles. The monoisotopic (exact) mass is 246 g/mol. The van der Waals surface area contributed by atoms with Crippen molar-refractivity contribution >= 4 is 17.1 Å². The second-order valence-electron chi connectivity index (χ2n) is 4.00. The maximum absolute atomic E-state index is 13.3. The third kappa shape index (κ3) is 2.53. The normalized spacial score (nSPS) is 10.2. The first-order valence-corrected chi connectivity index (χ1v) is 5.54. The fraction of sp³-hybridized carbons (Fsp3) is 0.143. The number of nitrogens with two attached hydrogens (primary N) is 1. The predicted molar refractivity (Wildman–Crippen MR) is 71.9 cm³/mol. The van der Waals surface area contributed by atoms with Crippen LogP contribution in [0.4, 0.5) is 21.5 Å². The van der Waals surface area contributed by atoms with Crippen LogP contribution in [0.15, 0.2) is 42.5 Å². The molecule has 18 heavy (non-hydrogen) atoms. The van der Waals surface area contributed by atoms with E-state index in [1.54, 1.807) is 13.2 Å². The summed E-state index contributed by atoms with van der Waals surface area (Å²) in [5, 5.41) is 0. The Morgan fingerprint density at radius 1 is 1.06 bits per heavy atom. The van der Waals surface area contributed by atoms with Gasteiger partial charge in [-0.3, -0.25) is 0 Å². The van der Waals surface area contributed by atoms with E-state index in [9.17, 15) is 4.39 Å². The fourth-order valence-corrected chi connectivity index (χ4v) is 1.74. The average molecular weight is 246 g/mol. The Balaban J connectivity index is 2.31. The summed E-state index contributed by atoms with van der Waals surface area (Å²) < 4.78 is 18.4. The summed E-state index contributed by atoms with van der Waals surface area (Å²) in [4.78, 5) is 1.86. The SMILES string of the molecule is COc1ccc(N(C)c2cc(N)cc(F)c2)cc1. The van der Waals surface area contributed by atoms with Crippen molar-refractivity contribution in [1.29, 1.82) is 0 Å². The molecule has 0 radical (unpaired) electrons. The molecule has 2 N–H and O–H groups in total. The van der Waals surface area contributed by atoms with Gasteiger partial charge in [-0.25, -0.2) is 4.39 Å². The summed E-state index contributed by atoms with van der Waals surface area (Å²) >= 11 is 0. The molecule has 0 saturated carbocycles. The Morgan fingerprint density at radius 2 is 1.72 bits per heavy atom. The van der Waals surface area contributed by atoms with Gasteiger partial charge in [0, 0.05) is 24.1 Å². The van der Waals surface area contributed by atoms with E-state index >= 15 is 0 Å². The molecule has 0 spiro atoms. The third-order valence-electron chi connectivity index (χ3n) is 2.75. The van der Waals surface area contributed by atoms with Crippen LogP contribution >= 0.6 is 0 Å². The van der Waals surface area contributed by atoms with Gasteiger partial charge in [-0.05, 0) is 42.5 Å². The maximum Gasteiger partial charge on any atom is 0.127 e. The fourth-order valence-electron chi connectivity index (χ4n) is 1.74. The summed E-state index contributed by atoms with van der Waals surface area (Å²) in [6, 6.07) is 12.0. The number of nitrogens with zero attached hydrogens (tertiary/aromatic N) is 1. The third-order valence-corrected chi connectivity index (χ3v) is 2.75. The Hall–Kier alpha value is -2.23. The molecule has 2 aromatic rings. The number of ether oxygens (including phenoxy) is 1. The van der Waals surface area contributed by atoms with Crippen LogP contribution < -0.4 is 15.4 Å². The van der Waals surface area contributed by atoms with Crippen molar-refractivity contribution in [1.82, 2.24) is 0 Å². The molecule has 0 heterocycles. The highest BCUT2D eigenvalue weighted by Gasteiger charge is 2.06. The summed E-state index contributed by atoms with van der Waals surface area (Å²) in [6.45, 7) is 0.